The van der Waals surface area contributed by atoms with Gasteiger partial charge in [0.25, 0.3) is 0 Å². The Bertz CT molecular complexity index is 2200. The van der Waals surface area contributed by atoms with E-state index in [2.05, 4.69) is 39.6 Å². The number of rotatable bonds is 10. The summed E-state index contributed by atoms with van der Waals surface area (Å²) in [5.74, 6) is 1.72. The van der Waals surface area contributed by atoms with Gasteiger partial charge in [-0.15, -0.1) is 0 Å². The first-order valence-corrected chi connectivity index (χ1v) is 18.3. The molecule has 0 saturated carbocycles. The number of H-pyrrole nitrogens is 2. The molecule has 0 unspecified atom stereocenters. The monoisotopic (exact) mass is 741 g/mol. The van der Waals surface area contributed by atoms with Gasteiger partial charge < -0.3 is 34.7 Å². The van der Waals surface area contributed by atoms with Crippen molar-refractivity contribution in [3.05, 3.63) is 95.7 Å². The number of para-hydroxylation sites is 2. The minimum atomic E-state index is -0.859. The number of nitrogens with zero attached hydrogens (tertiary/aromatic N) is 7. The summed E-state index contributed by atoms with van der Waals surface area (Å²) in [7, 11) is 1.64. The zero-order chi connectivity index (χ0) is 37.6. The summed E-state index contributed by atoms with van der Waals surface area (Å²) in [6, 6.07) is 17.5. The molecule has 0 spiro atoms. The van der Waals surface area contributed by atoms with Gasteiger partial charge in [0.15, 0.2) is 11.6 Å². The molecule has 1 amide bonds. The largest absolute Gasteiger partial charge is 0.497 e. The number of aliphatic hydroxyl groups excluding tert-OH is 1. The second-order valence-electron chi connectivity index (χ2n) is 13.7. The summed E-state index contributed by atoms with van der Waals surface area (Å²) in [6.07, 6.45) is 1.74. The van der Waals surface area contributed by atoms with E-state index in [4.69, 9.17) is 9.84 Å². The van der Waals surface area contributed by atoms with E-state index in [-0.39, 0.29) is 11.6 Å². The van der Waals surface area contributed by atoms with Gasteiger partial charge in [0.1, 0.15) is 28.4 Å². The normalized spacial score (nSPS) is 16.5. The lowest BCUT2D eigenvalue weighted by molar-refractivity contribution is 0.0734. The summed E-state index contributed by atoms with van der Waals surface area (Å²) < 4.78 is 32.8. The standard InChI is InChI=1S/C25H28FN5O2.C14H17FN4O2/c1-33-17-5-6-21-19(15-17)18(7-9-27-21)23(32)16-31-13-11-30(12-14-31)10-8-24-28-22-4-2-3-20(26)25(22)29-24;15-10-2-1-3-11-13(10)17-12(16-11)4-5-18-6-8-19(9-7-18)14(20)21/h2-7,9,15,23,32H,8,10-14,16H2,1H3,(H,28,29);1-3H,4-9H2,(H,16,17)(H,20,21)/t23-;/m0./s1. The molecule has 2 saturated heterocycles. The SMILES string of the molecule is COc1ccc2nccc([C@@H](O)CN3CCN(CCc4nc5c(F)cccc5[nH]4)CC3)c2c1.O=C(O)N1CCN(CCc2nc3c(F)cccc3[nH]2)CC1. The molecule has 1 atom stereocenters. The van der Waals surface area contributed by atoms with Gasteiger partial charge in [-0.1, -0.05) is 12.1 Å². The van der Waals surface area contributed by atoms with Crippen LogP contribution < -0.4 is 4.74 Å². The Balaban J connectivity index is 0.000000184. The molecule has 15 heteroatoms. The number of β-amino-alcohol motifs (C(OH)–C–C–N with tert-alkyl or cyclic N) is 1. The fraction of sp³-hybridized carbons (Fsp3) is 0.385. The number of benzene rings is 3. The summed E-state index contributed by atoms with van der Waals surface area (Å²) in [6.45, 7) is 8.36. The highest BCUT2D eigenvalue weighted by Gasteiger charge is 2.23. The van der Waals surface area contributed by atoms with Crippen molar-refractivity contribution in [1.29, 1.82) is 0 Å². The fourth-order valence-electron chi connectivity index (χ4n) is 7.13. The van der Waals surface area contributed by atoms with Crippen LogP contribution in [0.2, 0.25) is 0 Å². The van der Waals surface area contributed by atoms with Gasteiger partial charge >= 0.3 is 6.09 Å². The van der Waals surface area contributed by atoms with Crippen LogP contribution in [0.4, 0.5) is 13.6 Å². The maximum atomic E-state index is 13.9. The highest BCUT2D eigenvalue weighted by molar-refractivity contribution is 5.84. The molecule has 3 aromatic carbocycles. The number of carbonyl (C=O) groups is 1. The number of aromatic nitrogens is 5. The first kappa shape index (κ1) is 37.1. The maximum absolute atomic E-state index is 13.9. The van der Waals surface area contributed by atoms with Crippen LogP contribution in [0.1, 0.15) is 23.3 Å². The Morgan fingerprint density at radius 1 is 0.796 bits per heavy atom. The van der Waals surface area contributed by atoms with E-state index in [0.717, 1.165) is 98.2 Å². The highest BCUT2D eigenvalue weighted by Crippen LogP contribution is 2.27. The Morgan fingerprint density at radius 2 is 1.35 bits per heavy atom. The summed E-state index contributed by atoms with van der Waals surface area (Å²) in [4.78, 5) is 38.6. The summed E-state index contributed by atoms with van der Waals surface area (Å²) in [5.41, 5.74) is 3.96. The van der Waals surface area contributed by atoms with Crippen molar-refractivity contribution in [1.82, 2.24) is 44.5 Å². The number of imidazole rings is 2. The number of hydrogen-bond donors (Lipinski definition) is 4. The van der Waals surface area contributed by atoms with Crippen LogP contribution in [0, 0.1) is 11.6 Å². The van der Waals surface area contributed by atoms with Gasteiger partial charge in [0.05, 0.1) is 29.8 Å². The van der Waals surface area contributed by atoms with Gasteiger partial charge in [0, 0.05) is 96.4 Å². The Labute approximate surface area is 311 Å². The number of amides is 1. The smallest absolute Gasteiger partial charge is 0.407 e. The molecule has 13 nitrogen and oxygen atoms in total. The number of aromatic amines is 2. The number of halogens is 2. The lowest BCUT2D eigenvalue weighted by Crippen LogP contribution is -2.48. The third-order valence-electron chi connectivity index (χ3n) is 10.2. The molecule has 54 heavy (non-hydrogen) atoms. The molecule has 8 rings (SSSR count). The van der Waals surface area contributed by atoms with Crippen LogP contribution in [0.3, 0.4) is 0 Å². The van der Waals surface area contributed by atoms with Crippen LogP contribution in [0.15, 0.2) is 66.9 Å². The van der Waals surface area contributed by atoms with E-state index in [9.17, 15) is 18.7 Å². The molecule has 6 aromatic rings. The third kappa shape index (κ3) is 8.76. The lowest BCUT2D eigenvalue weighted by Gasteiger charge is -2.35. The predicted molar refractivity (Wildman–Crippen MR) is 202 cm³/mol. The van der Waals surface area contributed by atoms with Crippen LogP contribution in [0.25, 0.3) is 33.0 Å². The number of carboxylic acid groups (broad SMARTS) is 1. The average Bonchev–Trinajstić information content (AvgIpc) is 3.82. The predicted octanol–water partition coefficient (Wildman–Crippen LogP) is 4.69. The van der Waals surface area contributed by atoms with Crippen LogP contribution in [0.5, 0.6) is 5.75 Å². The van der Waals surface area contributed by atoms with Gasteiger partial charge in [-0.25, -0.2) is 23.5 Å². The van der Waals surface area contributed by atoms with Crippen molar-refractivity contribution in [2.45, 2.75) is 18.9 Å². The van der Waals surface area contributed by atoms with Crippen LogP contribution in [-0.4, -0.2) is 140 Å². The van der Waals surface area contributed by atoms with E-state index in [1.165, 1.54) is 17.0 Å². The second kappa shape index (κ2) is 16.8. The molecule has 2 aliphatic heterocycles. The number of hydrogen-bond acceptors (Lipinski definition) is 9. The van der Waals surface area contributed by atoms with Gasteiger partial charge in [-0.05, 0) is 54.1 Å². The quantitative estimate of drug-likeness (QED) is 0.156. The molecule has 0 bridgehead atoms. The molecule has 2 aliphatic rings. The summed E-state index contributed by atoms with van der Waals surface area (Å²) in [5, 5.41) is 20.8. The molecule has 0 radical (unpaired) electrons. The number of fused-ring (bicyclic) bond motifs is 3. The molecular formula is C39H45F2N9O4. The van der Waals surface area contributed by atoms with E-state index in [1.807, 2.05) is 30.3 Å². The lowest BCUT2D eigenvalue weighted by atomic mass is 10.0. The van der Waals surface area contributed by atoms with Crippen molar-refractivity contribution in [2.75, 3.05) is 79.1 Å². The average molecular weight is 742 g/mol. The zero-order valence-electron chi connectivity index (χ0n) is 30.2. The molecule has 2 fully saturated rings. The van der Waals surface area contributed by atoms with Gasteiger partial charge in [-0.3, -0.25) is 14.8 Å². The third-order valence-corrected chi connectivity index (χ3v) is 10.2. The molecule has 284 valence electrons. The molecular weight excluding hydrogens is 696 g/mol. The molecule has 0 aliphatic carbocycles. The number of nitrogens with one attached hydrogen (secondary N) is 2. The van der Waals surface area contributed by atoms with Crippen molar-refractivity contribution < 1.29 is 28.5 Å². The first-order chi connectivity index (χ1) is 26.2. The van der Waals surface area contributed by atoms with Gasteiger partial charge in [-0.2, -0.15) is 0 Å². The van der Waals surface area contributed by atoms with Crippen LogP contribution in [-0.2, 0) is 12.8 Å². The summed E-state index contributed by atoms with van der Waals surface area (Å²) >= 11 is 0. The zero-order valence-corrected chi connectivity index (χ0v) is 30.2. The highest BCUT2D eigenvalue weighted by atomic mass is 19.1. The number of piperazine rings is 2. The van der Waals surface area contributed by atoms with Gasteiger partial charge in [0.2, 0.25) is 0 Å². The Morgan fingerprint density at radius 3 is 1.89 bits per heavy atom. The van der Waals surface area contributed by atoms with Crippen molar-refractivity contribution in [3.63, 3.8) is 0 Å². The fourth-order valence-corrected chi connectivity index (χ4v) is 7.13. The minimum absolute atomic E-state index is 0.289. The number of methoxy groups -OCH3 is 1. The van der Waals surface area contributed by atoms with E-state index in [1.54, 1.807) is 31.5 Å². The second-order valence-corrected chi connectivity index (χ2v) is 13.7. The number of ether oxygens (including phenoxy) is 1. The maximum Gasteiger partial charge on any atom is 0.407 e. The first-order valence-electron chi connectivity index (χ1n) is 18.3. The molecule has 5 heterocycles. The Hall–Kier alpha value is -5.22. The molecule has 4 N–H and O–H groups in total. The number of pyridine rings is 1. The van der Waals surface area contributed by atoms with E-state index >= 15 is 0 Å². The minimum Gasteiger partial charge on any atom is -0.497 e. The van der Waals surface area contributed by atoms with E-state index < -0.39 is 12.2 Å². The Kier molecular flexibility index (Phi) is 11.6. The van der Waals surface area contributed by atoms with Crippen molar-refractivity contribution >= 4 is 39.1 Å². The van der Waals surface area contributed by atoms with Crippen molar-refractivity contribution in [2.24, 2.45) is 0 Å². The number of aliphatic hydroxyl groups is 1. The van der Waals surface area contributed by atoms with E-state index in [0.29, 0.717) is 42.6 Å². The molecule has 3 aromatic heterocycles. The van der Waals surface area contributed by atoms with Crippen molar-refractivity contribution in [3.8, 4) is 5.75 Å². The topological polar surface area (TPSA) is 150 Å². The van der Waals surface area contributed by atoms with Crippen LogP contribution >= 0.6 is 0 Å².